The minimum absolute atomic E-state index is 0.0122. The number of nitrogens with zero attached hydrogens (tertiary/aromatic N) is 1. The van der Waals surface area contributed by atoms with E-state index in [-0.39, 0.29) is 5.78 Å². The van der Waals surface area contributed by atoms with Gasteiger partial charge in [0.15, 0.2) is 5.78 Å². The van der Waals surface area contributed by atoms with E-state index in [2.05, 4.69) is 4.98 Å². The smallest absolute Gasteiger partial charge is 0.193 e. The van der Waals surface area contributed by atoms with Crippen molar-refractivity contribution in [3.05, 3.63) is 76.6 Å². The molecule has 0 fully saturated rings. The molecule has 3 aromatic rings. The Bertz CT molecular complexity index is 806. The van der Waals surface area contributed by atoms with Crippen molar-refractivity contribution in [3.8, 4) is 0 Å². The number of carbonyl (C=O) groups is 1. The summed E-state index contributed by atoms with van der Waals surface area (Å²) in [6, 6.07) is 12.9. The quantitative estimate of drug-likeness (QED) is 0.651. The summed E-state index contributed by atoms with van der Waals surface area (Å²) in [5.74, 6) is -0.0122. The Hall–Kier alpha value is -2.19. The molecule has 0 amide bonds. The monoisotopic (exact) mass is 281 g/mol. The van der Waals surface area contributed by atoms with Crippen LogP contribution in [0.3, 0.4) is 0 Å². The van der Waals surface area contributed by atoms with Crippen LogP contribution >= 0.6 is 11.6 Å². The number of rotatable bonds is 2. The molecule has 1 heterocycles. The van der Waals surface area contributed by atoms with Gasteiger partial charge in [0.2, 0.25) is 0 Å². The molecule has 98 valence electrons. The number of carbonyl (C=O) groups excluding carboxylic acids is 1. The van der Waals surface area contributed by atoms with Crippen molar-refractivity contribution < 1.29 is 4.79 Å². The van der Waals surface area contributed by atoms with Crippen molar-refractivity contribution in [2.24, 2.45) is 0 Å². The molecule has 20 heavy (non-hydrogen) atoms. The van der Waals surface area contributed by atoms with Gasteiger partial charge in [-0.05, 0) is 30.0 Å². The van der Waals surface area contributed by atoms with Gasteiger partial charge in [-0.1, -0.05) is 41.9 Å². The third-order valence-electron chi connectivity index (χ3n) is 3.44. The molecular weight excluding hydrogens is 270 g/mol. The second-order valence-corrected chi connectivity index (χ2v) is 5.05. The van der Waals surface area contributed by atoms with Crippen LogP contribution in [0.4, 0.5) is 0 Å². The number of hydrogen-bond acceptors (Lipinski definition) is 2. The fourth-order valence-corrected chi connectivity index (χ4v) is 2.49. The van der Waals surface area contributed by atoms with Gasteiger partial charge in [-0.2, -0.15) is 0 Å². The lowest BCUT2D eigenvalue weighted by Crippen LogP contribution is -2.04. The minimum atomic E-state index is -0.0122. The second kappa shape index (κ2) is 5.06. The first kappa shape index (κ1) is 12.8. The van der Waals surface area contributed by atoms with Crippen LogP contribution in [0.2, 0.25) is 5.02 Å². The number of benzene rings is 2. The van der Waals surface area contributed by atoms with E-state index in [1.807, 2.05) is 37.3 Å². The molecule has 0 saturated heterocycles. The third-order valence-corrected chi connectivity index (χ3v) is 3.85. The molecule has 1 aromatic heterocycles. The molecule has 0 atom stereocenters. The number of hydrogen-bond donors (Lipinski definition) is 0. The summed E-state index contributed by atoms with van der Waals surface area (Å²) < 4.78 is 0. The first-order valence-corrected chi connectivity index (χ1v) is 6.69. The van der Waals surface area contributed by atoms with Crippen LogP contribution in [0, 0.1) is 6.92 Å². The van der Waals surface area contributed by atoms with Gasteiger partial charge in [0.1, 0.15) is 0 Å². The molecular formula is C17H12ClNO. The summed E-state index contributed by atoms with van der Waals surface area (Å²) in [5, 5.41) is 2.47. The van der Waals surface area contributed by atoms with Gasteiger partial charge < -0.3 is 0 Å². The van der Waals surface area contributed by atoms with Gasteiger partial charge in [-0.25, -0.2) is 0 Å². The Morgan fingerprint density at radius 1 is 1.05 bits per heavy atom. The van der Waals surface area contributed by atoms with E-state index in [1.54, 1.807) is 24.5 Å². The molecule has 0 aliphatic heterocycles. The molecule has 0 radical (unpaired) electrons. The third kappa shape index (κ3) is 2.08. The molecule has 0 saturated carbocycles. The van der Waals surface area contributed by atoms with Crippen LogP contribution < -0.4 is 0 Å². The summed E-state index contributed by atoms with van der Waals surface area (Å²) >= 11 is 6.10. The van der Waals surface area contributed by atoms with Crippen LogP contribution in [0.25, 0.3) is 10.8 Å². The van der Waals surface area contributed by atoms with Gasteiger partial charge in [0.25, 0.3) is 0 Å². The van der Waals surface area contributed by atoms with Gasteiger partial charge >= 0.3 is 0 Å². The molecule has 0 spiro atoms. The highest BCUT2D eigenvalue weighted by Crippen LogP contribution is 2.25. The number of ketones is 1. The normalized spacial score (nSPS) is 10.7. The lowest BCUT2D eigenvalue weighted by Gasteiger charge is -2.09. The second-order valence-electron chi connectivity index (χ2n) is 4.64. The van der Waals surface area contributed by atoms with Gasteiger partial charge in [-0.15, -0.1) is 0 Å². The lowest BCUT2D eigenvalue weighted by molar-refractivity contribution is 0.103. The van der Waals surface area contributed by atoms with Crippen molar-refractivity contribution in [3.63, 3.8) is 0 Å². The van der Waals surface area contributed by atoms with E-state index in [9.17, 15) is 4.79 Å². The first-order chi connectivity index (χ1) is 9.68. The summed E-state index contributed by atoms with van der Waals surface area (Å²) in [6.45, 7) is 1.86. The molecule has 0 N–H and O–H groups in total. The van der Waals surface area contributed by atoms with Crippen LogP contribution in [-0.4, -0.2) is 10.8 Å². The van der Waals surface area contributed by atoms with Gasteiger partial charge in [-0.3, -0.25) is 9.78 Å². The highest BCUT2D eigenvalue weighted by atomic mass is 35.5. The van der Waals surface area contributed by atoms with E-state index in [4.69, 9.17) is 11.6 Å². The Morgan fingerprint density at radius 2 is 1.80 bits per heavy atom. The number of aromatic nitrogens is 1. The molecule has 2 aromatic carbocycles. The van der Waals surface area contributed by atoms with Crippen molar-refractivity contribution in [1.29, 1.82) is 0 Å². The van der Waals surface area contributed by atoms with Crippen molar-refractivity contribution in [2.45, 2.75) is 6.92 Å². The van der Waals surface area contributed by atoms with Crippen LogP contribution in [0.5, 0.6) is 0 Å². The van der Waals surface area contributed by atoms with Crippen LogP contribution in [-0.2, 0) is 0 Å². The van der Waals surface area contributed by atoms with Crippen LogP contribution in [0.15, 0.2) is 54.9 Å². The zero-order valence-corrected chi connectivity index (χ0v) is 11.7. The summed E-state index contributed by atoms with van der Waals surface area (Å²) in [6.07, 6.45) is 3.46. The topological polar surface area (TPSA) is 30.0 Å². The molecule has 2 nitrogen and oxygen atoms in total. The number of fused-ring (bicyclic) bond motifs is 1. The first-order valence-electron chi connectivity index (χ1n) is 6.31. The Kier molecular flexibility index (Phi) is 3.25. The van der Waals surface area contributed by atoms with Crippen molar-refractivity contribution >= 4 is 28.2 Å². The Labute approximate surface area is 122 Å². The predicted octanol–water partition coefficient (Wildman–Crippen LogP) is 4.43. The fraction of sp³-hybridized carbons (Fsp3) is 0.0588. The maximum atomic E-state index is 12.8. The molecule has 0 bridgehead atoms. The SMILES string of the molecule is Cc1c(Cl)cccc1C(=O)c1cccc2cnccc12. The summed E-state index contributed by atoms with van der Waals surface area (Å²) in [7, 11) is 0. The average molecular weight is 282 g/mol. The Morgan fingerprint density at radius 3 is 2.65 bits per heavy atom. The number of halogens is 1. The van der Waals surface area contributed by atoms with E-state index in [0.717, 1.165) is 16.3 Å². The maximum absolute atomic E-state index is 12.8. The highest BCUT2D eigenvalue weighted by Gasteiger charge is 2.15. The predicted molar refractivity (Wildman–Crippen MR) is 81.4 cm³/mol. The molecule has 0 aliphatic rings. The number of pyridine rings is 1. The average Bonchev–Trinajstić information content (AvgIpc) is 2.49. The Balaban J connectivity index is 2.21. The van der Waals surface area contributed by atoms with E-state index in [1.165, 1.54) is 0 Å². The van der Waals surface area contributed by atoms with Crippen molar-refractivity contribution in [1.82, 2.24) is 4.98 Å². The van der Waals surface area contributed by atoms with Crippen molar-refractivity contribution in [2.75, 3.05) is 0 Å². The summed E-state index contributed by atoms with van der Waals surface area (Å²) in [5.41, 5.74) is 2.13. The fourth-order valence-electron chi connectivity index (χ4n) is 2.32. The minimum Gasteiger partial charge on any atom is -0.289 e. The van der Waals surface area contributed by atoms with E-state index in [0.29, 0.717) is 16.1 Å². The molecule has 3 heteroatoms. The van der Waals surface area contributed by atoms with E-state index < -0.39 is 0 Å². The summed E-state index contributed by atoms with van der Waals surface area (Å²) in [4.78, 5) is 16.8. The van der Waals surface area contributed by atoms with Gasteiger partial charge in [0.05, 0.1) is 0 Å². The van der Waals surface area contributed by atoms with Crippen LogP contribution in [0.1, 0.15) is 21.5 Å². The zero-order valence-electron chi connectivity index (χ0n) is 10.9. The van der Waals surface area contributed by atoms with E-state index >= 15 is 0 Å². The highest BCUT2D eigenvalue weighted by molar-refractivity contribution is 6.32. The molecule has 0 unspecified atom stereocenters. The standard InChI is InChI=1S/C17H12ClNO/c1-11-13(5-3-7-16(11)18)17(20)15-6-2-4-12-10-19-9-8-14(12)15/h2-10H,1H3. The van der Waals surface area contributed by atoms with Gasteiger partial charge in [0, 0.05) is 33.9 Å². The molecule has 3 rings (SSSR count). The molecule has 0 aliphatic carbocycles. The largest absolute Gasteiger partial charge is 0.289 e. The lowest BCUT2D eigenvalue weighted by atomic mass is 9.95. The zero-order chi connectivity index (χ0) is 14.1. The maximum Gasteiger partial charge on any atom is 0.193 e.